The smallest absolute Gasteiger partial charge is 0.422 e. The molecule has 2 spiro atoms. The van der Waals surface area contributed by atoms with Crippen molar-refractivity contribution in [3.63, 3.8) is 0 Å². The number of carbonyl (C=O) groups is 1. The van der Waals surface area contributed by atoms with Crippen LogP contribution in [0.25, 0.3) is 32.9 Å². The fraction of sp³-hybridized carbons (Fsp3) is 0.550. The Morgan fingerprint density at radius 3 is 2.42 bits per heavy atom. The molecule has 10 nitrogen and oxygen atoms in total. The van der Waals surface area contributed by atoms with Gasteiger partial charge in [0.2, 0.25) is 11.9 Å². The molecule has 2 aliphatic carbocycles. The fourth-order valence-electron chi connectivity index (χ4n) is 9.87. The Hall–Kier alpha value is -4.39. The third kappa shape index (κ3) is 5.39. The van der Waals surface area contributed by atoms with E-state index in [1.165, 1.54) is 25.3 Å². The maximum absolute atomic E-state index is 14.1. The zero-order valence-corrected chi connectivity index (χ0v) is 30.1. The molecule has 0 bridgehead atoms. The molecule has 6 aliphatic rings. The van der Waals surface area contributed by atoms with Crippen LogP contribution in [0.4, 0.5) is 24.9 Å². The number of aromatic nitrogens is 4. The summed E-state index contributed by atoms with van der Waals surface area (Å²) in [6.07, 6.45) is 7.21. The number of hydrogen-bond acceptors (Lipinski definition) is 8. The lowest BCUT2D eigenvalue weighted by molar-refractivity contribution is -0.153. The molecule has 0 unspecified atom stereocenters. The zero-order valence-electron chi connectivity index (χ0n) is 30.1. The summed E-state index contributed by atoms with van der Waals surface area (Å²) in [5, 5.41) is 8.94. The summed E-state index contributed by atoms with van der Waals surface area (Å²) in [4.78, 5) is 31.8. The molecule has 2 aromatic heterocycles. The molecule has 13 heteroatoms. The van der Waals surface area contributed by atoms with Crippen molar-refractivity contribution >= 4 is 39.5 Å². The first-order chi connectivity index (χ1) is 25.5. The van der Waals surface area contributed by atoms with Crippen molar-refractivity contribution in [2.45, 2.75) is 82.0 Å². The van der Waals surface area contributed by atoms with Crippen molar-refractivity contribution in [3.05, 3.63) is 48.2 Å². The third-order valence-corrected chi connectivity index (χ3v) is 13.3. The van der Waals surface area contributed by atoms with Crippen molar-refractivity contribution < 1.29 is 22.7 Å². The van der Waals surface area contributed by atoms with Crippen LogP contribution in [-0.4, -0.2) is 106 Å². The number of fused-ring (bicyclic) bond motifs is 2. The molecule has 4 saturated heterocycles. The first kappa shape index (κ1) is 33.2. The highest BCUT2D eigenvalue weighted by molar-refractivity contribution is 6.06. The molecule has 4 aromatic rings. The van der Waals surface area contributed by atoms with Crippen LogP contribution in [0.2, 0.25) is 0 Å². The molecule has 278 valence electrons. The number of anilines is 2. The molecule has 1 N–H and O–H groups in total. The van der Waals surface area contributed by atoms with E-state index in [-0.39, 0.29) is 28.5 Å². The lowest BCUT2D eigenvalue weighted by atomic mass is 9.72. The van der Waals surface area contributed by atoms with Crippen LogP contribution in [0, 0.1) is 12.3 Å². The Balaban J connectivity index is 1.11. The van der Waals surface area contributed by atoms with Crippen molar-refractivity contribution in [2.24, 2.45) is 5.41 Å². The predicted octanol–water partition coefficient (Wildman–Crippen LogP) is 6.73. The highest BCUT2D eigenvalue weighted by atomic mass is 19.4. The van der Waals surface area contributed by atoms with E-state index < -0.39 is 12.8 Å². The van der Waals surface area contributed by atoms with E-state index in [2.05, 4.69) is 37.5 Å². The summed E-state index contributed by atoms with van der Waals surface area (Å²) < 4.78 is 48.4. The van der Waals surface area contributed by atoms with Gasteiger partial charge < -0.3 is 19.4 Å². The van der Waals surface area contributed by atoms with Crippen LogP contribution >= 0.6 is 0 Å². The highest BCUT2D eigenvalue weighted by Gasteiger charge is 2.57. The molecular weight excluding hydrogens is 681 g/mol. The van der Waals surface area contributed by atoms with E-state index in [1.54, 1.807) is 6.20 Å². The summed E-state index contributed by atoms with van der Waals surface area (Å²) >= 11 is 0. The second-order valence-electron chi connectivity index (χ2n) is 16.7. The Morgan fingerprint density at radius 1 is 1.00 bits per heavy atom. The van der Waals surface area contributed by atoms with Gasteiger partial charge in [0.05, 0.1) is 17.3 Å². The molecule has 53 heavy (non-hydrogen) atoms. The van der Waals surface area contributed by atoms with Gasteiger partial charge in [-0.25, -0.2) is 4.98 Å². The molecule has 2 aromatic carbocycles. The first-order valence-electron chi connectivity index (χ1n) is 19.2. The average Bonchev–Trinajstić information content (AvgIpc) is 3.81. The number of amides is 1. The van der Waals surface area contributed by atoms with Crippen molar-refractivity contribution in [1.29, 1.82) is 0 Å². The minimum Gasteiger partial charge on any atom is -0.481 e. The van der Waals surface area contributed by atoms with Gasteiger partial charge in [-0.15, -0.1) is 0 Å². The normalized spacial score (nSPS) is 22.5. The SMILES string of the molecule is C=CC(=O)N1CC2(CCN(c3nc(N4CC5(CCN5C5CCC5)C4)nc4c(OCC(F)(F)F)c(-c5c(C)ccc6[nH]ncc56)c(C5CC5)cc34)CC2)C1. The number of nitrogens with zero attached hydrogens (tertiary/aromatic N) is 7. The lowest BCUT2D eigenvalue weighted by Gasteiger charge is -2.66. The molecule has 2 saturated carbocycles. The van der Waals surface area contributed by atoms with Crippen LogP contribution in [0.15, 0.2) is 37.1 Å². The predicted molar refractivity (Wildman–Crippen MR) is 197 cm³/mol. The van der Waals surface area contributed by atoms with E-state index in [0.717, 1.165) is 117 Å². The van der Waals surface area contributed by atoms with E-state index in [4.69, 9.17) is 14.7 Å². The number of H-pyrrole nitrogens is 1. The van der Waals surface area contributed by atoms with Crippen LogP contribution < -0.4 is 14.5 Å². The maximum Gasteiger partial charge on any atom is 0.422 e. The molecular formula is C40H45F3N8O2. The van der Waals surface area contributed by atoms with Crippen molar-refractivity contribution in [3.8, 4) is 16.9 Å². The lowest BCUT2D eigenvalue weighted by Crippen LogP contribution is -2.79. The number of aryl methyl sites for hydroxylation is 1. The number of ether oxygens (including phenoxy) is 1. The molecule has 6 fully saturated rings. The monoisotopic (exact) mass is 726 g/mol. The van der Waals surface area contributed by atoms with Crippen LogP contribution in [0.5, 0.6) is 5.75 Å². The standard InChI is InChI=1S/C40H45F3N8O2/c1-3-31(52)49-19-38(20-49)11-14-48(15-12-38)36-28-17-27(25-8-9-25)33(32-24(2)7-10-30-29(32)18-44-47-30)35(53-23-40(41,42)43)34(28)45-37(46-36)50-21-39(22-50)13-16-51(39)26-5-4-6-26/h3,7,10,17-18,25-26H,1,4-6,8-9,11-16,19-23H2,2H3,(H,44,47). The number of carbonyl (C=O) groups excluding carboxylic acids is 1. The van der Waals surface area contributed by atoms with Crippen molar-refractivity contribution in [2.75, 3.05) is 62.2 Å². The Labute approximate surface area is 306 Å². The van der Waals surface area contributed by atoms with Gasteiger partial charge in [0, 0.05) is 73.6 Å². The topological polar surface area (TPSA) is 93.7 Å². The van der Waals surface area contributed by atoms with Crippen molar-refractivity contribution in [1.82, 2.24) is 30.0 Å². The second-order valence-corrected chi connectivity index (χ2v) is 16.7. The van der Waals surface area contributed by atoms with Gasteiger partial charge in [-0.1, -0.05) is 19.1 Å². The van der Waals surface area contributed by atoms with Crippen LogP contribution in [0.1, 0.15) is 68.4 Å². The van der Waals surface area contributed by atoms with Gasteiger partial charge in [0.25, 0.3) is 0 Å². The maximum atomic E-state index is 14.1. The van der Waals surface area contributed by atoms with Crippen LogP contribution in [-0.2, 0) is 4.79 Å². The number of alkyl halides is 3. The number of benzene rings is 2. The van der Waals surface area contributed by atoms with Gasteiger partial charge in [-0.2, -0.15) is 23.3 Å². The Bertz CT molecular complexity index is 2140. The van der Waals surface area contributed by atoms with Gasteiger partial charge in [0.1, 0.15) is 11.3 Å². The summed E-state index contributed by atoms with van der Waals surface area (Å²) in [7, 11) is 0. The van der Waals surface area contributed by atoms with Gasteiger partial charge in [-0.05, 0) is 92.7 Å². The number of hydrogen-bond donors (Lipinski definition) is 1. The van der Waals surface area contributed by atoms with E-state index in [0.29, 0.717) is 23.1 Å². The Morgan fingerprint density at radius 2 is 1.77 bits per heavy atom. The minimum atomic E-state index is -4.54. The van der Waals surface area contributed by atoms with Gasteiger partial charge in [-0.3, -0.25) is 14.8 Å². The number of halogens is 3. The molecule has 6 heterocycles. The zero-order chi connectivity index (χ0) is 36.3. The number of likely N-dealkylation sites (tertiary alicyclic amines) is 2. The molecule has 0 atom stereocenters. The van der Waals surface area contributed by atoms with Gasteiger partial charge >= 0.3 is 6.18 Å². The fourth-order valence-corrected chi connectivity index (χ4v) is 9.87. The molecule has 10 rings (SSSR count). The third-order valence-electron chi connectivity index (χ3n) is 13.3. The van der Waals surface area contributed by atoms with Gasteiger partial charge in [0.15, 0.2) is 12.4 Å². The van der Waals surface area contributed by atoms with E-state index in [1.807, 2.05) is 24.0 Å². The summed E-state index contributed by atoms with van der Waals surface area (Å²) in [6.45, 7) is 9.86. The average molecular weight is 727 g/mol. The van der Waals surface area contributed by atoms with Crippen LogP contribution in [0.3, 0.4) is 0 Å². The Kier molecular flexibility index (Phi) is 7.39. The molecule has 4 aliphatic heterocycles. The minimum absolute atomic E-state index is 0.0321. The number of piperidine rings is 1. The molecule has 0 radical (unpaired) electrons. The second kappa shape index (κ2) is 11.8. The summed E-state index contributed by atoms with van der Waals surface area (Å²) in [6, 6.07) is 6.75. The first-order valence-corrected chi connectivity index (χ1v) is 19.2. The molecule has 1 amide bonds. The summed E-state index contributed by atoms with van der Waals surface area (Å²) in [5.74, 6) is 1.63. The quantitative estimate of drug-likeness (QED) is 0.200. The van der Waals surface area contributed by atoms with E-state index >= 15 is 0 Å². The number of aromatic amines is 1. The van der Waals surface area contributed by atoms with E-state index in [9.17, 15) is 18.0 Å². The highest BCUT2D eigenvalue weighted by Crippen LogP contribution is 2.54. The number of rotatable bonds is 8. The number of nitrogens with one attached hydrogen (secondary N) is 1. The largest absolute Gasteiger partial charge is 0.481 e. The summed E-state index contributed by atoms with van der Waals surface area (Å²) in [5.41, 5.74) is 4.85.